The molecule has 2 N–H and O–H groups in total. The van der Waals surface area contributed by atoms with Gasteiger partial charge in [0.15, 0.2) is 0 Å². The first-order valence-corrected chi connectivity index (χ1v) is 9.50. The van der Waals surface area contributed by atoms with Crippen LogP contribution in [0.15, 0.2) is 30.5 Å². The number of hydrogen-bond acceptors (Lipinski definition) is 4. The van der Waals surface area contributed by atoms with E-state index in [-0.39, 0.29) is 0 Å². The van der Waals surface area contributed by atoms with Crippen LogP contribution in [-0.4, -0.2) is 39.1 Å². The highest BCUT2D eigenvalue weighted by Gasteiger charge is 2.49. The van der Waals surface area contributed by atoms with E-state index in [9.17, 15) is 18.8 Å². The molecule has 2 aliphatic rings. The average molecular weight is 399 g/mol. The summed E-state index contributed by atoms with van der Waals surface area (Å²) in [4.78, 5) is 38.7. The molecular weight excluding hydrogens is 377 g/mol. The van der Waals surface area contributed by atoms with Crippen LogP contribution < -0.4 is 10.6 Å². The van der Waals surface area contributed by atoms with Crippen LogP contribution in [0.25, 0.3) is 0 Å². The molecule has 29 heavy (non-hydrogen) atoms. The Bertz CT molecular complexity index is 983. The zero-order chi connectivity index (χ0) is 20.8. The summed E-state index contributed by atoms with van der Waals surface area (Å²) in [5, 5.41) is 9.67. The van der Waals surface area contributed by atoms with E-state index >= 15 is 0 Å². The van der Waals surface area contributed by atoms with Crippen molar-refractivity contribution < 1.29 is 18.8 Å². The highest BCUT2D eigenvalue weighted by Crippen LogP contribution is 2.32. The molecule has 152 valence electrons. The fraction of sp³-hybridized carbons (Fsp3) is 0.400. The number of imide groups is 1. The van der Waals surface area contributed by atoms with Crippen LogP contribution in [-0.2, 0) is 21.7 Å². The summed E-state index contributed by atoms with van der Waals surface area (Å²) >= 11 is 0. The third-order valence-corrected chi connectivity index (χ3v) is 5.41. The maximum Gasteiger partial charge on any atom is 0.325 e. The van der Waals surface area contributed by atoms with Gasteiger partial charge in [0.25, 0.3) is 5.91 Å². The van der Waals surface area contributed by atoms with Crippen molar-refractivity contribution in [3.63, 3.8) is 0 Å². The molecule has 2 heterocycles. The van der Waals surface area contributed by atoms with Gasteiger partial charge in [-0.2, -0.15) is 5.10 Å². The van der Waals surface area contributed by atoms with Crippen LogP contribution in [0, 0.1) is 18.7 Å². The molecule has 1 unspecified atom stereocenters. The first kappa shape index (κ1) is 19.1. The Morgan fingerprint density at radius 1 is 1.31 bits per heavy atom. The monoisotopic (exact) mass is 399 g/mol. The molecule has 2 fully saturated rings. The Kier molecular flexibility index (Phi) is 4.60. The summed E-state index contributed by atoms with van der Waals surface area (Å²) in [5.74, 6) is -0.337. The minimum Gasteiger partial charge on any atom is -0.319 e. The molecule has 0 radical (unpaired) electrons. The lowest BCUT2D eigenvalue weighted by molar-refractivity contribution is -0.133. The number of aromatic nitrogens is 2. The Labute approximate surface area is 167 Å². The number of hydrogen-bond donors (Lipinski definition) is 2. The minimum absolute atomic E-state index is 0.421. The third-order valence-electron chi connectivity index (χ3n) is 5.41. The number of halogens is 1. The van der Waals surface area contributed by atoms with E-state index in [1.165, 1.54) is 31.2 Å². The number of nitrogens with zero attached hydrogens (tertiary/aromatic N) is 3. The quantitative estimate of drug-likeness (QED) is 0.728. The molecular formula is C20H22FN5O3. The predicted molar refractivity (Wildman–Crippen MR) is 102 cm³/mol. The van der Waals surface area contributed by atoms with Crippen LogP contribution in [0.3, 0.4) is 0 Å². The molecule has 1 saturated heterocycles. The second-order valence-electron chi connectivity index (χ2n) is 7.80. The fourth-order valence-corrected chi connectivity index (χ4v) is 3.46. The van der Waals surface area contributed by atoms with Crippen molar-refractivity contribution in [2.24, 2.45) is 5.92 Å². The smallest absolute Gasteiger partial charge is 0.319 e. The standard InChI is InChI=1S/C20H22FN5O3/c1-12-9-22-26(10-13-3-4-13)17(12)23-16(27)11-25-18(28)20(2,24-19(25)29)14-5-7-15(21)8-6-14/h5-9,13H,3-4,10-11H2,1-2H3,(H,23,27)(H,24,29). The van der Waals surface area contributed by atoms with E-state index in [1.54, 1.807) is 10.9 Å². The van der Waals surface area contributed by atoms with Crippen molar-refractivity contribution >= 4 is 23.7 Å². The van der Waals surface area contributed by atoms with Gasteiger partial charge in [-0.15, -0.1) is 0 Å². The van der Waals surface area contributed by atoms with Gasteiger partial charge in [-0.3, -0.25) is 14.5 Å². The highest BCUT2D eigenvalue weighted by atomic mass is 19.1. The molecule has 8 nitrogen and oxygen atoms in total. The molecule has 4 amide bonds. The molecule has 1 aliphatic heterocycles. The predicted octanol–water partition coefficient (Wildman–Crippen LogP) is 2.15. The molecule has 0 spiro atoms. The Morgan fingerprint density at radius 2 is 2.00 bits per heavy atom. The lowest BCUT2D eigenvalue weighted by Crippen LogP contribution is -2.42. The van der Waals surface area contributed by atoms with Crippen molar-refractivity contribution in [1.29, 1.82) is 0 Å². The summed E-state index contributed by atoms with van der Waals surface area (Å²) in [5.41, 5.74) is -0.0970. The summed E-state index contributed by atoms with van der Waals surface area (Å²) in [6, 6.07) is 4.66. The topological polar surface area (TPSA) is 96.3 Å². The van der Waals surface area contributed by atoms with Crippen molar-refractivity contribution in [2.75, 3.05) is 11.9 Å². The number of urea groups is 1. The Morgan fingerprint density at radius 3 is 2.66 bits per heavy atom. The van der Waals surface area contributed by atoms with Gasteiger partial charge in [-0.05, 0) is 50.3 Å². The normalized spacial score (nSPS) is 21.4. The molecule has 1 saturated carbocycles. The van der Waals surface area contributed by atoms with E-state index in [1.807, 2.05) is 6.92 Å². The van der Waals surface area contributed by atoms with Gasteiger partial charge in [0.2, 0.25) is 5.91 Å². The number of anilines is 1. The van der Waals surface area contributed by atoms with E-state index in [0.29, 0.717) is 17.3 Å². The first-order valence-electron chi connectivity index (χ1n) is 9.50. The maximum atomic E-state index is 13.2. The van der Waals surface area contributed by atoms with Crippen molar-refractivity contribution in [3.05, 3.63) is 47.4 Å². The number of rotatable bonds is 6. The molecule has 2 aromatic rings. The SMILES string of the molecule is Cc1cnn(CC2CC2)c1NC(=O)CN1C(=O)NC(C)(c2ccc(F)cc2)C1=O. The average Bonchev–Trinajstić information content (AvgIpc) is 3.40. The number of amides is 4. The first-order chi connectivity index (χ1) is 13.8. The van der Waals surface area contributed by atoms with E-state index in [0.717, 1.165) is 29.8 Å². The fourth-order valence-electron chi connectivity index (χ4n) is 3.46. The molecule has 1 aromatic heterocycles. The maximum absolute atomic E-state index is 13.2. The second kappa shape index (κ2) is 6.98. The van der Waals surface area contributed by atoms with Crippen molar-refractivity contribution in [1.82, 2.24) is 20.0 Å². The van der Waals surface area contributed by atoms with Gasteiger partial charge >= 0.3 is 6.03 Å². The number of nitrogens with one attached hydrogen (secondary N) is 2. The molecule has 1 atom stereocenters. The highest BCUT2D eigenvalue weighted by molar-refractivity contribution is 6.10. The van der Waals surface area contributed by atoms with E-state index in [4.69, 9.17) is 0 Å². The molecule has 9 heteroatoms. The molecule has 4 rings (SSSR count). The van der Waals surface area contributed by atoms with Gasteiger partial charge in [0.1, 0.15) is 23.7 Å². The molecule has 0 bridgehead atoms. The number of benzene rings is 1. The van der Waals surface area contributed by atoms with Crippen LogP contribution in [0.4, 0.5) is 15.0 Å². The lowest BCUT2D eigenvalue weighted by Gasteiger charge is -2.22. The zero-order valence-corrected chi connectivity index (χ0v) is 16.2. The van der Waals surface area contributed by atoms with Gasteiger partial charge in [-0.1, -0.05) is 12.1 Å². The largest absolute Gasteiger partial charge is 0.325 e. The van der Waals surface area contributed by atoms with Crippen LogP contribution >= 0.6 is 0 Å². The Balaban J connectivity index is 1.47. The second-order valence-corrected chi connectivity index (χ2v) is 7.80. The van der Waals surface area contributed by atoms with E-state index in [2.05, 4.69) is 15.7 Å². The van der Waals surface area contributed by atoms with Crippen LogP contribution in [0.2, 0.25) is 0 Å². The van der Waals surface area contributed by atoms with E-state index < -0.39 is 35.7 Å². The van der Waals surface area contributed by atoms with Gasteiger partial charge in [-0.25, -0.2) is 13.9 Å². The van der Waals surface area contributed by atoms with Gasteiger partial charge in [0, 0.05) is 12.1 Å². The summed E-state index contributed by atoms with van der Waals surface area (Å²) in [6.07, 6.45) is 3.98. The number of aryl methyl sites for hydroxylation is 1. The Hall–Kier alpha value is -3.23. The zero-order valence-electron chi connectivity index (χ0n) is 16.2. The van der Waals surface area contributed by atoms with Crippen molar-refractivity contribution in [3.8, 4) is 0 Å². The number of carbonyl (C=O) groups excluding carboxylic acids is 3. The van der Waals surface area contributed by atoms with Gasteiger partial charge < -0.3 is 10.6 Å². The third kappa shape index (κ3) is 3.59. The summed E-state index contributed by atoms with van der Waals surface area (Å²) in [7, 11) is 0. The van der Waals surface area contributed by atoms with Gasteiger partial charge in [0.05, 0.1) is 6.20 Å². The van der Waals surface area contributed by atoms with Crippen molar-refractivity contribution in [2.45, 2.75) is 38.8 Å². The summed E-state index contributed by atoms with van der Waals surface area (Å²) in [6.45, 7) is 3.68. The number of carbonyl (C=O) groups is 3. The molecule has 1 aromatic carbocycles. The minimum atomic E-state index is -1.35. The summed E-state index contributed by atoms with van der Waals surface area (Å²) < 4.78 is 15.0. The van der Waals surface area contributed by atoms with Crippen LogP contribution in [0.1, 0.15) is 30.9 Å². The lowest BCUT2D eigenvalue weighted by atomic mass is 9.92. The molecule has 1 aliphatic carbocycles. The van der Waals surface area contributed by atoms with Crippen LogP contribution in [0.5, 0.6) is 0 Å².